The van der Waals surface area contributed by atoms with Crippen molar-refractivity contribution >= 4 is 29.6 Å². The third kappa shape index (κ3) is 5.76. The molecule has 3 rings (SSSR count). The van der Waals surface area contributed by atoms with Crippen molar-refractivity contribution in [2.45, 2.75) is 6.10 Å². The van der Waals surface area contributed by atoms with E-state index in [1.165, 1.54) is 6.08 Å². The molecule has 1 atom stereocenters. The van der Waals surface area contributed by atoms with E-state index in [0.29, 0.717) is 23.1 Å². The first-order valence-electron chi connectivity index (χ1n) is 8.36. The Hall–Kier alpha value is -2.99. The summed E-state index contributed by atoms with van der Waals surface area (Å²) < 4.78 is 16.2. The molecular weight excluding hydrogens is 370 g/mol. The molecule has 1 heterocycles. The lowest BCUT2D eigenvalue weighted by atomic mass is 10.2. The Morgan fingerprint density at radius 1 is 1.15 bits per heavy atom. The number of halogens is 1. The van der Waals surface area contributed by atoms with Crippen LogP contribution >= 0.6 is 11.6 Å². The molecule has 27 heavy (non-hydrogen) atoms. The van der Waals surface area contributed by atoms with Gasteiger partial charge in [0.2, 0.25) is 0 Å². The summed E-state index contributed by atoms with van der Waals surface area (Å²) in [6.07, 6.45) is 2.54. The molecule has 0 saturated heterocycles. The summed E-state index contributed by atoms with van der Waals surface area (Å²) in [5.74, 6) is 0.306. The number of rotatable bonds is 6. The van der Waals surface area contributed by atoms with Gasteiger partial charge in [0.1, 0.15) is 12.7 Å². The maximum Gasteiger partial charge on any atom is 0.331 e. The molecule has 7 heteroatoms. The standard InChI is InChI=1S/C20H18ClNO5/c21-15-8-5-14(6-9-15)7-10-20(24)26-13-19(23)22-11-16-12-25-17-3-1-2-4-18(17)27-16/h1-10,16H,11-13H2,(H,22,23)/b10-7+/t16-/m0/s1. The first kappa shape index (κ1) is 18.8. The first-order valence-corrected chi connectivity index (χ1v) is 8.73. The fourth-order valence-electron chi connectivity index (χ4n) is 2.37. The van der Waals surface area contributed by atoms with E-state index in [0.717, 1.165) is 5.56 Å². The van der Waals surface area contributed by atoms with Gasteiger partial charge in [0, 0.05) is 11.1 Å². The lowest BCUT2D eigenvalue weighted by molar-refractivity contribution is -0.143. The van der Waals surface area contributed by atoms with Crippen molar-refractivity contribution in [1.82, 2.24) is 5.32 Å². The molecule has 0 saturated carbocycles. The number of carbonyl (C=O) groups excluding carboxylic acids is 2. The van der Waals surface area contributed by atoms with E-state index >= 15 is 0 Å². The third-order valence-corrected chi connectivity index (χ3v) is 3.97. The second kappa shape index (κ2) is 9.09. The highest BCUT2D eigenvalue weighted by molar-refractivity contribution is 6.30. The summed E-state index contributed by atoms with van der Waals surface area (Å²) in [6, 6.07) is 14.3. The number of hydrogen-bond donors (Lipinski definition) is 1. The molecule has 0 unspecified atom stereocenters. The van der Waals surface area contributed by atoms with Gasteiger partial charge in [-0.05, 0) is 35.9 Å². The van der Waals surface area contributed by atoms with Crippen LogP contribution in [0.15, 0.2) is 54.6 Å². The zero-order valence-corrected chi connectivity index (χ0v) is 15.1. The summed E-state index contributed by atoms with van der Waals surface area (Å²) in [5, 5.41) is 3.27. The lowest BCUT2D eigenvalue weighted by Crippen LogP contribution is -2.42. The fraction of sp³-hybridized carbons (Fsp3) is 0.200. The van der Waals surface area contributed by atoms with E-state index in [1.54, 1.807) is 36.4 Å². The largest absolute Gasteiger partial charge is 0.486 e. The molecular formula is C20H18ClNO5. The van der Waals surface area contributed by atoms with E-state index in [2.05, 4.69) is 5.32 Å². The van der Waals surface area contributed by atoms with Gasteiger partial charge >= 0.3 is 5.97 Å². The highest BCUT2D eigenvalue weighted by Crippen LogP contribution is 2.30. The van der Waals surface area contributed by atoms with E-state index in [4.69, 9.17) is 25.8 Å². The number of nitrogens with one attached hydrogen (secondary N) is 1. The van der Waals surface area contributed by atoms with Crippen LogP contribution in [0.25, 0.3) is 6.08 Å². The average Bonchev–Trinajstić information content (AvgIpc) is 2.70. The topological polar surface area (TPSA) is 73.9 Å². The lowest BCUT2D eigenvalue weighted by Gasteiger charge is -2.26. The first-order chi connectivity index (χ1) is 13.1. The van der Waals surface area contributed by atoms with Crippen LogP contribution < -0.4 is 14.8 Å². The van der Waals surface area contributed by atoms with Crippen molar-refractivity contribution in [3.05, 3.63) is 65.2 Å². The van der Waals surface area contributed by atoms with Gasteiger partial charge in [0.15, 0.2) is 18.1 Å². The van der Waals surface area contributed by atoms with Crippen molar-refractivity contribution in [2.75, 3.05) is 19.8 Å². The van der Waals surface area contributed by atoms with Crippen LogP contribution in [0, 0.1) is 0 Å². The highest BCUT2D eigenvalue weighted by Gasteiger charge is 2.21. The molecule has 0 radical (unpaired) electrons. The van der Waals surface area contributed by atoms with E-state index in [9.17, 15) is 9.59 Å². The Morgan fingerprint density at radius 3 is 2.67 bits per heavy atom. The van der Waals surface area contributed by atoms with Gasteiger partial charge in [-0.3, -0.25) is 4.79 Å². The molecule has 0 bridgehead atoms. The predicted molar refractivity (Wildman–Crippen MR) is 101 cm³/mol. The average molecular weight is 388 g/mol. The van der Waals surface area contributed by atoms with Crippen LogP contribution in [-0.4, -0.2) is 37.7 Å². The molecule has 1 amide bonds. The van der Waals surface area contributed by atoms with Crippen LogP contribution in [0.1, 0.15) is 5.56 Å². The van der Waals surface area contributed by atoms with Gasteiger partial charge in [-0.1, -0.05) is 35.9 Å². The molecule has 2 aromatic rings. The van der Waals surface area contributed by atoms with Crippen LogP contribution in [-0.2, 0) is 14.3 Å². The van der Waals surface area contributed by atoms with Crippen LogP contribution in [0.4, 0.5) is 0 Å². The molecule has 1 N–H and O–H groups in total. The molecule has 0 spiro atoms. The number of carbonyl (C=O) groups is 2. The normalized spacial score (nSPS) is 15.4. The minimum atomic E-state index is -0.605. The van der Waals surface area contributed by atoms with Gasteiger partial charge in [-0.25, -0.2) is 4.79 Å². The number of benzene rings is 2. The van der Waals surface area contributed by atoms with Crippen LogP contribution in [0.3, 0.4) is 0 Å². The minimum Gasteiger partial charge on any atom is -0.486 e. The highest BCUT2D eigenvalue weighted by atomic mass is 35.5. The number of ether oxygens (including phenoxy) is 3. The van der Waals surface area contributed by atoms with Crippen molar-refractivity contribution < 1.29 is 23.8 Å². The number of hydrogen-bond acceptors (Lipinski definition) is 5. The van der Waals surface area contributed by atoms with Crippen molar-refractivity contribution in [3.63, 3.8) is 0 Å². The van der Waals surface area contributed by atoms with Crippen molar-refractivity contribution in [2.24, 2.45) is 0 Å². The molecule has 1 aliphatic heterocycles. The Kier molecular flexibility index (Phi) is 6.33. The number of esters is 1. The van der Waals surface area contributed by atoms with Crippen molar-refractivity contribution in [3.8, 4) is 11.5 Å². The molecule has 0 aliphatic carbocycles. The zero-order valence-electron chi connectivity index (χ0n) is 14.4. The van der Waals surface area contributed by atoms with Crippen LogP contribution in [0.5, 0.6) is 11.5 Å². The smallest absolute Gasteiger partial charge is 0.331 e. The van der Waals surface area contributed by atoms with E-state index in [-0.39, 0.29) is 19.3 Å². The SMILES string of the molecule is O=C(COC(=O)/C=C/c1ccc(Cl)cc1)NC[C@H]1COc2ccccc2O1. The van der Waals surface area contributed by atoms with E-state index < -0.39 is 11.9 Å². The minimum absolute atomic E-state index is 0.255. The van der Waals surface area contributed by atoms with Gasteiger partial charge in [-0.2, -0.15) is 0 Å². The predicted octanol–water partition coefficient (Wildman–Crippen LogP) is 2.85. The second-order valence-electron chi connectivity index (χ2n) is 5.79. The fourth-order valence-corrected chi connectivity index (χ4v) is 2.49. The second-order valence-corrected chi connectivity index (χ2v) is 6.23. The van der Waals surface area contributed by atoms with Gasteiger partial charge in [0.05, 0.1) is 6.54 Å². The Morgan fingerprint density at radius 2 is 1.89 bits per heavy atom. The maximum absolute atomic E-state index is 11.8. The summed E-state index contributed by atoms with van der Waals surface area (Å²) in [4.78, 5) is 23.5. The summed E-state index contributed by atoms with van der Waals surface area (Å²) in [5.41, 5.74) is 0.801. The Balaban J connectivity index is 1.37. The molecule has 0 fully saturated rings. The number of fused-ring (bicyclic) bond motifs is 1. The van der Waals surface area contributed by atoms with Gasteiger partial charge in [0.25, 0.3) is 5.91 Å². The maximum atomic E-state index is 11.8. The Bertz CT molecular complexity index is 835. The third-order valence-electron chi connectivity index (χ3n) is 3.72. The molecule has 140 valence electrons. The molecule has 6 nitrogen and oxygen atoms in total. The molecule has 2 aromatic carbocycles. The molecule has 1 aliphatic rings. The van der Waals surface area contributed by atoms with E-state index in [1.807, 2.05) is 18.2 Å². The van der Waals surface area contributed by atoms with Crippen molar-refractivity contribution in [1.29, 1.82) is 0 Å². The zero-order chi connectivity index (χ0) is 19.1. The van der Waals surface area contributed by atoms with Gasteiger partial charge < -0.3 is 19.5 Å². The number of amides is 1. The quantitative estimate of drug-likeness (QED) is 0.609. The summed E-state index contributed by atoms with van der Waals surface area (Å²) >= 11 is 5.79. The van der Waals surface area contributed by atoms with Gasteiger partial charge in [-0.15, -0.1) is 0 Å². The molecule has 0 aromatic heterocycles. The summed E-state index contributed by atoms with van der Waals surface area (Å²) in [7, 11) is 0. The number of para-hydroxylation sites is 2. The summed E-state index contributed by atoms with van der Waals surface area (Å²) in [6.45, 7) is 0.222. The van der Waals surface area contributed by atoms with Crippen LogP contribution in [0.2, 0.25) is 5.02 Å². The Labute approximate surface area is 161 Å². The monoisotopic (exact) mass is 387 g/mol.